The highest BCUT2D eigenvalue weighted by Crippen LogP contribution is 2.15. The van der Waals surface area contributed by atoms with Gasteiger partial charge >= 0.3 is 0 Å². The first-order valence-electron chi connectivity index (χ1n) is 7.14. The molecule has 0 aliphatic heterocycles. The molecule has 0 spiro atoms. The molecule has 140 valence electrons. The summed E-state index contributed by atoms with van der Waals surface area (Å²) in [6.45, 7) is 0. The van der Waals surface area contributed by atoms with Gasteiger partial charge in [-0.05, 0) is 36.4 Å². The Kier molecular flexibility index (Phi) is 5.76. The van der Waals surface area contributed by atoms with Crippen LogP contribution in [0.3, 0.4) is 0 Å². The average molecular weight is 401 g/mol. The third kappa shape index (κ3) is 4.43. The number of hydrogen-bond acceptors (Lipinski definition) is 5. The Morgan fingerprint density at radius 2 is 1.58 bits per heavy atom. The molecule has 0 heterocycles. The van der Waals surface area contributed by atoms with Gasteiger partial charge in [-0.25, -0.2) is 25.5 Å². The molecule has 0 aliphatic rings. The van der Waals surface area contributed by atoms with Crippen LogP contribution in [-0.4, -0.2) is 41.1 Å². The van der Waals surface area contributed by atoms with E-state index in [1.54, 1.807) is 0 Å². The van der Waals surface area contributed by atoms with Crippen molar-refractivity contribution in [2.24, 2.45) is 0 Å². The number of halogens is 1. The van der Waals surface area contributed by atoms with Gasteiger partial charge in [-0.1, -0.05) is 12.1 Å². The van der Waals surface area contributed by atoms with Crippen LogP contribution >= 0.6 is 0 Å². The number of carbonyl (C=O) groups is 1. The Labute approximate surface area is 150 Å². The standard InChI is InChI=1S/C15H16FN3O5S2/c1-19(2)26(23,24)14-8-3-5-11(9-14)15(20)17-18-25(21,22)13-7-4-6-12(16)10-13/h3-10,18H,1-2H3,(H,17,20). The second-order valence-corrected chi connectivity index (χ2v) is 9.17. The lowest BCUT2D eigenvalue weighted by atomic mass is 10.2. The quantitative estimate of drug-likeness (QED) is 0.692. The van der Waals surface area contributed by atoms with Crippen molar-refractivity contribution in [3.8, 4) is 0 Å². The smallest absolute Gasteiger partial charge is 0.266 e. The van der Waals surface area contributed by atoms with Crippen LogP contribution in [0.2, 0.25) is 0 Å². The summed E-state index contributed by atoms with van der Waals surface area (Å²) in [4.78, 5) is 13.5. The Balaban J connectivity index is 2.19. The van der Waals surface area contributed by atoms with E-state index in [1.165, 1.54) is 38.4 Å². The fourth-order valence-electron chi connectivity index (χ4n) is 1.89. The van der Waals surface area contributed by atoms with Crippen molar-refractivity contribution >= 4 is 26.0 Å². The molecule has 0 aromatic heterocycles. The molecule has 1 amide bonds. The van der Waals surface area contributed by atoms with Gasteiger partial charge in [0.1, 0.15) is 5.82 Å². The Morgan fingerprint density at radius 3 is 2.19 bits per heavy atom. The molecule has 26 heavy (non-hydrogen) atoms. The van der Waals surface area contributed by atoms with Gasteiger partial charge in [0.05, 0.1) is 9.79 Å². The van der Waals surface area contributed by atoms with Gasteiger partial charge in [0.2, 0.25) is 10.0 Å². The monoisotopic (exact) mass is 401 g/mol. The number of hydrazine groups is 1. The maximum Gasteiger partial charge on any atom is 0.266 e. The zero-order valence-corrected chi connectivity index (χ0v) is 15.4. The van der Waals surface area contributed by atoms with Crippen molar-refractivity contribution in [3.05, 3.63) is 59.9 Å². The van der Waals surface area contributed by atoms with Gasteiger partial charge in [0, 0.05) is 19.7 Å². The minimum Gasteiger partial charge on any atom is -0.273 e. The summed E-state index contributed by atoms with van der Waals surface area (Å²) >= 11 is 0. The minimum absolute atomic E-state index is 0.0742. The third-order valence-electron chi connectivity index (χ3n) is 3.28. The molecule has 8 nitrogen and oxygen atoms in total. The van der Waals surface area contributed by atoms with Crippen LogP contribution in [0.1, 0.15) is 10.4 Å². The number of benzene rings is 2. The van der Waals surface area contributed by atoms with E-state index in [1.807, 2.05) is 10.3 Å². The third-order valence-corrected chi connectivity index (χ3v) is 6.34. The summed E-state index contributed by atoms with van der Waals surface area (Å²) in [6.07, 6.45) is 0. The van der Waals surface area contributed by atoms with Crippen molar-refractivity contribution in [3.63, 3.8) is 0 Å². The number of nitrogens with zero attached hydrogens (tertiary/aromatic N) is 1. The van der Waals surface area contributed by atoms with Crippen LogP contribution in [-0.2, 0) is 20.0 Å². The zero-order valence-electron chi connectivity index (χ0n) is 13.8. The van der Waals surface area contributed by atoms with E-state index in [-0.39, 0.29) is 15.4 Å². The van der Waals surface area contributed by atoms with Crippen LogP contribution in [0.15, 0.2) is 58.3 Å². The van der Waals surface area contributed by atoms with E-state index in [0.717, 1.165) is 28.6 Å². The van der Waals surface area contributed by atoms with Gasteiger partial charge in [0.25, 0.3) is 15.9 Å². The summed E-state index contributed by atoms with van der Waals surface area (Å²) in [5, 5.41) is 0. The van der Waals surface area contributed by atoms with Gasteiger partial charge in [-0.3, -0.25) is 10.2 Å². The molecule has 0 saturated carbocycles. The summed E-state index contributed by atoms with van der Waals surface area (Å²) in [7, 11) is -5.25. The lowest BCUT2D eigenvalue weighted by Gasteiger charge is -2.12. The largest absolute Gasteiger partial charge is 0.273 e. The van der Waals surface area contributed by atoms with Crippen LogP contribution in [0, 0.1) is 5.82 Å². The second kappa shape index (κ2) is 7.50. The summed E-state index contributed by atoms with van der Waals surface area (Å²) in [6, 6.07) is 9.33. The Hall–Kier alpha value is -2.34. The molecule has 0 saturated heterocycles. The minimum atomic E-state index is -4.19. The molecule has 2 aromatic carbocycles. The highest BCUT2D eigenvalue weighted by molar-refractivity contribution is 7.89. The molecule has 2 N–H and O–H groups in total. The van der Waals surface area contributed by atoms with E-state index < -0.39 is 31.8 Å². The van der Waals surface area contributed by atoms with E-state index >= 15 is 0 Å². The van der Waals surface area contributed by atoms with Crippen molar-refractivity contribution < 1.29 is 26.0 Å². The molecule has 0 aliphatic carbocycles. The van der Waals surface area contributed by atoms with Crippen LogP contribution < -0.4 is 10.3 Å². The lowest BCUT2D eigenvalue weighted by molar-refractivity contribution is 0.0945. The van der Waals surface area contributed by atoms with Crippen molar-refractivity contribution in [2.45, 2.75) is 9.79 Å². The number of rotatable bonds is 6. The van der Waals surface area contributed by atoms with Crippen molar-refractivity contribution in [2.75, 3.05) is 14.1 Å². The molecular weight excluding hydrogens is 385 g/mol. The molecule has 2 aromatic rings. The number of nitrogens with one attached hydrogen (secondary N) is 2. The van der Waals surface area contributed by atoms with Crippen LogP contribution in [0.5, 0.6) is 0 Å². The zero-order chi connectivity index (χ0) is 19.5. The maximum atomic E-state index is 13.1. The fourth-order valence-corrected chi connectivity index (χ4v) is 3.71. The van der Waals surface area contributed by atoms with E-state index in [0.29, 0.717) is 0 Å². The topological polar surface area (TPSA) is 113 Å². The van der Waals surface area contributed by atoms with Gasteiger partial charge in [0.15, 0.2) is 0 Å². The van der Waals surface area contributed by atoms with Crippen molar-refractivity contribution in [1.29, 1.82) is 0 Å². The van der Waals surface area contributed by atoms with E-state index in [2.05, 4.69) is 0 Å². The molecule has 0 unspecified atom stereocenters. The highest BCUT2D eigenvalue weighted by Gasteiger charge is 2.20. The molecule has 11 heteroatoms. The lowest BCUT2D eigenvalue weighted by Crippen LogP contribution is -2.41. The van der Waals surface area contributed by atoms with Crippen LogP contribution in [0.4, 0.5) is 4.39 Å². The van der Waals surface area contributed by atoms with Gasteiger partial charge in [-0.15, -0.1) is 4.83 Å². The van der Waals surface area contributed by atoms with Crippen molar-refractivity contribution in [1.82, 2.24) is 14.6 Å². The van der Waals surface area contributed by atoms with Gasteiger partial charge < -0.3 is 0 Å². The van der Waals surface area contributed by atoms with E-state index in [9.17, 15) is 26.0 Å². The summed E-state index contributed by atoms with van der Waals surface area (Å²) in [5.74, 6) is -1.62. The maximum absolute atomic E-state index is 13.1. The number of carbonyl (C=O) groups excluding carboxylic acids is 1. The van der Waals surface area contributed by atoms with E-state index in [4.69, 9.17) is 0 Å². The molecule has 0 fully saturated rings. The molecular formula is C15H16FN3O5S2. The van der Waals surface area contributed by atoms with Gasteiger partial charge in [-0.2, -0.15) is 0 Å². The molecule has 0 radical (unpaired) electrons. The van der Waals surface area contributed by atoms with Crippen LogP contribution in [0.25, 0.3) is 0 Å². The first-order chi connectivity index (χ1) is 12.0. The second-order valence-electron chi connectivity index (χ2n) is 5.33. The Bertz CT molecular complexity index is 1040. The summed E-state index contributed by atoms with van der Waals surface area (Å²) in [5.41, 5.74) is 1.88. The fraction of sp³-hybridized carbons (Fsp3) is 0.133. The number of amides is 1. The predicted molar refractivity (Wildman–Crippen MR) is 91.5 cm³/mol. The first-order valence-corrected chi connectivity index (χ1v) is 10.1. The first kappa shape index (κ1) is 20.0. The SMILES string of the molecule is CN(C)S(=O)(=O)c1cccc(C(=O)NNS(=O)(=O)c2cccc(F)c2)c1. The normalized spacial score (nSPS) is 12.2. The number of hydrogen-bond donors (Lipinski definition) is 2. The average Bonchev–Trinajstić information content (AvgIpc) is 2.59. The molecule has 0 bridgehead atoms. The summed E-state index contributed by atoms with van der Waals surface area (Å²) < 4.78 is 62.4. The molecule has 0 atom stereocenters. The molecule has 2 rings (SSSR count). The Morgan fingerprint density at radius 1 is 0.962 bits per heavy atom. The highest BCUT2D eigenvalue weighted by atomic mass is 32.2. The predicted octanol–water partition coefficient (Wildman–Crippen LogP) is 0.699. The number of sulfonamides is 2.